The quantitative estimate of drug-likeness (QED) is 0.812. The molecule has 1 fully saturated rings. The number of nitrogens with zero attached hydrogens (tertiary/aromatic N) is 2. The van der Waals surface area contributed by atoms with Crippen molar-refractivity contribution in [2.24, 2.45) is 0 Å². The number of ether oxygens (including phenoxy) is 1. The first-order valence-corrected chi connectivity index (χ1v) is 8.98. The Morgan fingerprint density at radius 1 is 1.08 bits per heavy atom. The third-order valence-corrected chi connectivity index (χ3v) is 4.77. The molecule has 2 aromatic carbocycles. The van der Waals surface area contributed by atoms with Gasteiger partial charge in [-0.3, -0.25) is 0 Å². The predicted octanol–water partition coefficient (Wildman–Crippen LogP) is 4.40. The van der Waals surface area contributed by atoms with Gasteiger partial charge in [-0.25, -0.2) is 4.79 Å². The van der Waals surface area contributed by atoms with Crippen molar-refractivity contribution >= 4 is 23.4 Å². The van der Waals surface area contributed by atoms with Gasteiger partial charge in [-0.2, -0.15) is 0 Å². The maximum absolute atomic E-state index is 12.3. The van der Waals surface area contributed by atoms with Gasteiger partial charge in [0.05, 0.1) is 6.61 Å². The fraction of sp³-hybridized carbons (Fsp3) is 0.350. The van der Waals surface area contributed by atoms with E-state index in [0.717, 1.165) is 23.8 Å². The second-order valence-electron chi connectivity index (χ2n) is 6.34. The van der Waals surface area contributed by atoms with Gasteiger partial charge >= 0.3 is 6.09 Å². The molecule has 1 aliphatic heterocycles. The van der Waals surface area contributed by atoms with Crippen LogP contribution in [0.4, 0.5) is 10.5 Å². The molecule has 0 radical (unpaired) electrons. The minimum atomic E-state index is -0.228. The van der Waals surface area contributed by atoms with Gasteiger partial charge in [0.15, 0.2) is 0 Å². The molecule has 25 heavy (non-hydrogen) atoms. The first-order valence-electron chi connectivity index (χ1n) is 8.60. The second-order valence-corrected chi connectivity index (χ2v) is 6.78. The molecule has 1 saturated heterocycles. The predicted molar refractivity (Wildman–Crippen MR) is 101 cm³/mol. The molecular formula is C20H23ClN2O2. The molecule has 0 bridgehead atoms. The van der Waals surface area contributed by atoms with Crippen LogP contribution < -0.4 is 4.90 Å². The Hall–Kier alpha value is -2.20. The molecule has 1 atom stereocenters. The summed E-state index contributed by atoms with van der Waals surface area (Å²) in [5.41, 5.74) is 2.28. The van der Waals surface area contributed by atoms with Crippen molar-refractivity contribution < 1.29 is 9.53 Å². The highest BCUT2D eigenvalue weighted by Gasteiger charge is 2.23. The van der Waals surface area contributed by atoms with Crippen molar-refractivity contribution in [1.29, 1.82) is 0 Å². The van der Waals surface area contributed by atoms with Gasteiger partial charge in [-0.1, -0.05) is 54.9 Å². The van der Waals surface area contributed by atoms with Gasteiger partial charge in [0.2, 0.25) is 0 Å². The van der Waals surface area contributed by atoms with E-state index in [1.165, 1.54) is 5.56 Å². The molecule has 3 rings (SSSR count). The number of halogens is 1. The largest absolute Gasteiger partial charge is 0.449 e. The van der Waals surface area contributed by atoms with Crippen molar-refractivity contribution in [2.75, 3.05) is 37.7 Å². The minimum absolute atomic E-state index is 0.192. The molecule has 1 unspecified atom stereocenters. The van der Waals surface area contributed by atoms with Gasteiger partial charge < -0.3 is 14.5 Å². The molecule has 4 nitrogen and oxygen atoms in total. The number of rotatable bonds is 4. The molecule has 0 saturated carbocycles. The molecule has 1 heterocycles. The monoisotopic (exact) mass is 358 g/mol. The van der Waals surface area contributed by atoms with Gasteiger partial charge in [-0.05, 0) is 23.8 Å². The summed E-state index contributed by atoms with van der Waals surface area (Å²) in [6, 6.07) is 17.9. The number of carbonyl (C=O) groups excluding carboxylic acids is 1. The van der Waals surface area contributed by atoms with E-state index in [9.17, 15) is 4.79 Å². The highest BCUT2D eigenvalue weighted by molar-refractivity contribution is 6.30. The van der Waals surface area contributed by atoms with Crippen molar-refractivity contribution in [3.05, 3.63) is 65.2 Å². The van der Waals surface area contributed by atoms with Crippen molar-refractivity contribution in [1.82, 2.24) is 4.90 Å². The Labute approximate surface area is 154 Å². The number of hydrogen-bond donors (Lipinski definition) is 0. The molecule has 5 heteroatoms. The third-order valence-electron chi connectivity index (χ3n) is 4.54. The van der Waals surface area contributed by atoms with E-state index in [1.807, 2.05) is 42.5 Å². The molecule has 0 N–H and O–H groups in total. The molecule has 0 aromatic heterocycles. The normalized spacial score (nSPS) is 15.8. The fourth-order valence-corrected chi connectivity index (χ4v) is 3.17. The number of hydrogen-bond acceptors (Lipinski definition) is 3. The van der Waals surface area contributed by atoms with Gasteiger partial charge in [0.25, 0.3) is 0 Å². The van der Waals surface area contributed by atoms with Crippen LogP contribution in [0.1, 0.15) is 18.4 Å². The van der Waals surface area contributed by atoms with Crippen LogP contribution in [0.3, 0.4) is 0 Å². The zero-order valence-electron chi connectivity index (χ0n) is 14.4. The topological polar surface area (TPSA) is 32.8 Å². The van der Waals surface area contributed by atoms with Crippen molar-refractivity contribution in [3.63, 3.8) is 0 Å². The SMILES string of the molecule is CC(COC(=O)N1CCN(c2cccc(Cl)c2)CC1)c1ccccc1. The Balaban J connectivity index is 1.47. The zero-order valence-corrected chi connectivity index (χ0v) is 15.2. The van der Waals surface area contributed by atoms with Crippen molar-refractivity contribution in [3.8, 4) is 0 Å². The fourth-order valence-electron chi connectivity index (χ4n) is 2.99. The lowest BCUT2D eigenvalue weighted by Gasteiger charge is -2.35. The summed E-state index contributed by atoms with van der Waals surface area (Å²) in [4.78, 5) is 16.3. The van der Waals surface area contributed by atoms with Crippen LogP contribution >= 0.6 is 11.6 Å². The lowest BCUT2D eigenvalue weighted by molar-refractivity contribution is 0.0958. The highest BCUT2D eigenvalue weighted by Crippen LogP contribution is 2.21. The van der Waals surface area contributed by atoms with Crippen LogP contribution in [-0.4, -0.2) is 43.8 Å². The average Bonchev–Trinajstić information content (AvgIpc) is 2.66. The summed E-state index contributed by atoms with van der Waals surface area (Å²) >= 11 is 6.05. The Morgan fingerprint density at radius 2 is 1.80 bits per heavy atom. The molecule has 1 aliphatic rings. The number of benzene rings is 2. The second kappa shape index (κ2) is 8.26. The average molecular weight is 359 g/mol. The lowest BCUT2D eigenvalue weighted by atomic mass is 10.0. The van der Waals surface area contributed by atoms with E-state index < -0.39 is 0 Å². The summed E-state index contributed by atoms with van der Waals surface area (Å²) in [5, 5.41) is 0.731. The first-order chi connectivity index (χ1) is 12.1. The van der Waals surface area contributed by atoms with Crippen molar-refractivity contribution in [2.45, 2.75) is 12.8 Å². The van der Waals surface area contributed by atoms with E-state index in [2.05, 4.69) is 24.0 Å². The van der Waals surface area contributed by atoms with E-state index in [-0.39, 0.29) is 12.0 Å². The summed E-state index contributed by atoms with van der Waals surface area (Å²) < 4.78 is 5.51. The third kappa shape index (κ3) is 4.67. The lowest BCUT2D eigenvalue weighted by Crippen LogP contribution is -2.49. The molecule has 132 valence electrons. The van der Waals surface area contributed by atoms with E-state index in [4.69, 9.17) is 16.3 Å². The molecular weight excluding hydrogens is 336 g/mol. The zero-order chi connectivity index (χ0) is 17.6. The molecule has 0 aliphatic carbocycles. The number of carbonyl (C=O) groups is 1. The van der Waals surface area contributed by atoms with Gasteiger partial charge in [0.1, 0.15) is 0 Å². The van der Waals surface area contributed by atoms with Crippen LogP contribution in [0.15, 0.2) is 54.6 Å². The van der Waals surface area contributed by atoms with Crippen LogP contribution in [0.2, 0.25) is 5.02 Å². The van der Waals surface area contributed by atoms with E-state index >= 15 is 0 Å². The Bertz CT molecular complexity index is 700. The molecule has 2 aromatic rings. The van der Waals surface area contributed by atoms with Crippen LogP contribution in [0, 0.1) is 0 Å². The summed E-state index contributed by atoms with van der Waals surface area (Å²) in [5.74, 6) is 0.192. The minimum Gasteiger partial charge on any atom is -0.449 e. The van der Waals surface area contributed by atoms with Crippen LogP contribution in [0.25, 0.3) is 0 Å². The van der Waals surface area contributed by atoms with Crippen LogP contribution in [0.5, 0.6) is 0 Å². The molecule has 0 spiro atoms. The maximum Gasteiger partial charge on any atom is 0.409 e. The maximum atomic E-state index is 12.3. The Kier molecular flexibility index (Phi) is 5.82. The van der Waals surface area contributed by atoms with Gasteiger partial charge in [-0.15, -0.1) is 0 Å². The smallest absolute Gasteiger partial charge is 0.409 e. The number of amides is 1. The van der Waals surface area contributed by atoms with E-state index in [0.29, 0.717) is 19.7 Å². The standard InChI is InChI=1S/C20H23ClN2O2/c1-16(17-6-3-2-4-7-17)15-25-20(24)23-12-10-22(11-13-23)19-9-5-8-18(21)14-19/h2-9,14,16H,10-13,15H2,1H3. The number of piperazine rings is 1. The van der Waals surface area contributed by atoms with E-state index in [1.54, 1.807) is 4.90 Å². The highest BCUT2D eigenvalue weighted by atomic mass is 35.5. The number of anilines is 1. The van der Waals surface area contributed by atoms with Crippen LogP contribution in [-0.2, 0) is 4.74 Å². The summed E-state index contributed by atoms with van der Waals surface area (Å²) in [6.07, 6.45) is -0.228. The first kappa shape index (κ1) is 17.6. The Morgan fingerprint density at radius 3 is 2.48 bits per heavy atom. The summed E-state index contributed by atoms with van der Waals surface area (Å²) in [6.45, 7) is 5.35. The van der Waals surface area contributed by atoms with Gasteiger partial charge in [0, 0.05) is 42.8 Å². The summed E-state index contributed by atoms with van der Waals surface area (Å²) in [7, 11) is 0. The molecule has 1 amide bonds.